The largest absolute Gasteiger partial charge is 0.444 e. The summed E-state index contributed by atoms with van der Waals surface area (Å²) in [4.78, 5) is 93.9. The van der Waals surface area contributed by atoms with Crippen molar-refractivity contribution in [1.29, 1.82) is 0 Å². The quantitative estimate of drug-likeness (QED) is 0.122. The monoisotopic (exact) mass is 1080 g/mol. The molecule has 5 amide bonds. The molecule has 4 fully saturated rings. The van der Waals surface area contributed by atoms with Gasteiger partial charge in [-0.1, -0.05) is 24.3 Å². The van der Waals surface area contributed by atoms with Gasteiger partial charge in [0.2, 0.25) is 11.9 Å². The van der Waals surface area contributed by atoms with Crippen LogP contribution < -0.4 is 27.1 Å². The Morgan fingerprint density at radius 2 is 1.05 bits per heavy atom. The van der Waals surface area contributed by atoms with Gasteiger partial charge in [0.15, 0.2) is 0 Å². The summed E-state index contributed by atoms with van der Waals surface area (Å²) in [5.41, 5.74) is 4.66. The topological polar surface area (TPSA) is 215 Å². The van der Waals surface area contributed by atoms with Crippen molar-refractivity contribution < 1.29 is 19.1 Å². The van der Waals surface area contributed by atoms with Gasteiger partial charge in [-0.15, -0.1) is 0 Å². The number of anilines is 4. The molecular formula is C57H76N16O6. The predicted molar refractivity (Wildman–Crippen MR) is 306 cm³/mol. The average Bonchev–Trinajstić information content (AvgIpc) is 3.40. The van der Waals surface area contributed by atoms with E-state index in [2.05, 4.69) is 60.0 Å². The number of aryl methyl sites for hydroxylation is 2. The molecule has 0 spiro atoms. The molecule has 22 nitrogen and oxygen atoms in total. The van der Waals surface area contributed by atoms with E-state index in [1.807, 2.05) is 54.8 Å². The highest BCUT2D eigenvalue weighted by Crippen LogP contribution is 2.25. The maximum Gasteiger partial charge on any atom is 0.410 e. The summed E-state index contributed by atoms with van der Waals surface area (Å²) in [6, 6.07) is 23.2. The van der Waals surface area contributed by atoms with Crippen LogP contribution in [0.3, 0.4) is 0 Å². The smallest absolute Gasteiger partial charge is 0.410 e. The van der Waals surface area contributed by atoms with Gasteiger partial charge in [0.05, 0.1) is 0 Å². The Morgan fingerprint density at radius 1 is 0.608 bits per heavy atom. The Balaban J connectivity index is 0.000000195. The summed E-state index contributed by atoms with van der Waals surface area (Å²) >= 11 is 0. The maximum absolute atomic E-state index is 12.8. The molecule has 0 bridgehead atoms. The summed E-state index contributed by atoms with van der Waals surface area (Å²) in [7, 11) is 7.14. The van der Waals surface area contributed by atoms with Crippen molar-refractivity contribution in [2.24, 2.45) is 11.8 Å². The van der Waals surface area contributed by atoms with Gasteiger partial charge in [-0.25, -0.2) is 24.4 Å². The first-order chi connectivity index (χ1) is 37.9. The Kier molecular flexibility index (Phi) is 17.7. The van der Waals surface area contributed by atoms with Crippen LogP contribution in [0.25, 0.3) is 22.1 Å². The third-order valence-electron chi connectivity index (χ3n) is 14.7. The zero-order valence-electron chi connectivity index (χ0n) is 46.7. The lowest BCUT2D eigenvalue weighted by molar-refractivity contribution is -0.00266. The molecule has 22 heteroatoms. The van der Waals surface area contributed by atoms with Crippen molar-refractivity contribution in [3.8, 4) is 0 Å². The van der Waals surface area contributed by atoms with Gasteiger partial charge in [0.25, 0.3) is 11.1 Å². The Morgan fingerprint density at radius 3 is 1.46 bits per heavy atom. The molecular weight excluding hydrogens is 1000 g/mol. The zero-order chi connectivity index (χ0) is 55.8. The number of rotatable bonds is 14. The molecule has 0 saturated carbocycles. The van der Waals surface area contributed by atoms with Crippen LogP contribution in [0.4, 0.5) is 37.7 Å². The maximum atomic E-state index is 12.8. The second kappa shape index (κ2) is 25.0. The number of ether oxygens (including phenoxy) is 1. The lowest BCUT2D eigenvalue weighted by atomic mass is 9.97. The molecule has 3 N–H and O–H groups in total. The highest BCUT2D eigenvalue weighted by atomic mass is 16.6. The molecule has 0 atom stereocenters. The van der Waals surface area contributed by atoms with Crippen molar-refractivity contribution in [3.63, 3.8) is 0 Å². The number of likely N-dealkylation sites (tertiary alicyclic amines) is 1. The summed E-state index contributed by atoms with van der Waals surface area (Å²) in [5.74, 6) is 1.80. The number of carbonyl (C=O) groups excluding carboxylic acids is 3. The van der Waals surface area contributed by atoms with E-state index < -0.39 is 5.60 Å². The van der Waals surface area contributed by atoms with Crippen LogP contribution in [0.1, 0.15) is 44.7 Å². The third kappa shape index (κ3) is 14.7. The van der Waals surface area contributed by atoms with Crippen molar-refractivity contribution in [3.05, 3.63) is 117 Å². The molecule has 10 rings (SSSR count). The van der Waals surface area contributed by atoms with E-state index in [0.29, 0.717) is 74.3 Å². The van der Waals surface area contributed by atoms with Gasteiger partial charge in [0.1, 0.15) is 16.9 Å². The summed E-state index contributed by atoms with van der Waals surface area (Å²) < 4.78 is 8.90. The number of benzene rings is 2. The van der Waals surface area contributed by atoms with Gasteiger partial charge in [-0.2, -0.15) is 9.97 Å². The number of pyridine rings is 2. The molecule has 4 aliphatic rings. The molecule has 2 aromatic carbocycles. The van der Waals surface area contributed by atoms with E-state index in [9.17, 15) is 24.0 Å². The zero-order valence-corrected chi connectivity index (χ0v) is 46.7. The molecule has 0 unspecified atom stereocenters. The lowest BCUT2D eigenvalue weighted by Crippen LogP contribution is -2.51. The normalized spacial score (nSPS) is 16.4. The van der Waals surface area contributed by atoms with Crippen LogP contribution in [0.2, 0.25) is 0 Å². The number of nitrogens with one attached hydrogen (secondary N) is 3. The van der Waals surface area contributed by atoms with E-state index >= 15 is 0 Å². The number of hydrogen-bond donors (Lipinski definition) is 3. The standard InChI is InChI=1S/C31H42N8O4.C26H34N8O2/c1-31(2,3)43-30(42)38-20-23(21-38)11-12-39-26(40)10-9-24-18-32-28(34-27(24)39)33-25-8-6-7-22(17-25)19-36-13-15-37(16-14-36)29(41)35(4)5;1-31(2)26(36)33-12-10-32(11-13-33)18-19-4-3-5-22(14-19)29-25-28-17-21-6-7-23(35)34(24(21)30-25)9-8-20-15-27-16-20/h6-10,17-18,23H,11-16,19-21H2,1-5H3,(H,32,33,34);3-7,14,17,20,27H,8-13,15-16,18H2,1-2H3,(H,28,29,30). The number of amides is 5. The summed E-state index contributed by atoms with van der Waals surface area (Å²) in [6.07, 6.45) is 4.91. The van der Waals surface area contributed by atoms with Crippen LogP contribution in [0, 0.1) is 11.8 Å². The predicted octanol–water partition coefficient (Wildman–Crippen LogP) is 5.54. The fraction of sp³-hybridized carbons (Fsp3) is 0.491. The first-order valence-electron chi connectivity index (χ1n) is 27.4. The minimum absolute atomic E-state index is 0.0335. The fourth-order valence-electron chi connectivity index (χ4n) is 10.1. The second-order valence-electron chi connectivity index (χ2n) is 22.5. The van der Waals surface area contributed by atoms with Crippen LogP contribution in [-0.2, 0) is 30.9 Å². The van der Waals surface area contributed by atoms with E-state index in [4.69, 9.17) is 14.7 Å². The van der Waals surface area contributed by atoms with Crippen LogP contribution in [0.15, 0.2) is 94.8 Å². The minimum Gasteiger partial charge on any atom is -0.444 e. The number of urea groups is 2. The number of fused-ring (bicyclic) bond motifs is 2. The Hall–Kier alpha value is -7.69. The fourth-order valence-corrected chi connectivity index (χ4v) is 10.1. The van der Waals surface area contributed by atoms with Gasteiger partial charge in [-0.3, -0.25) is 28.5 Å². The van der Waals surface area contributed by atoms with Gasteiger partial charge in [0, 0.05) is 166 Å². The molecule has 8 heterocycles. The minimum atomic E-state index is -0.518. The number of carbonyl (C=O) groups is 3. The lowest BCUT2D eigenvalue weighted by Gasteiger charge is -2.39. The Bertz CT molecular complexity index is 3220. The molecule has 0 aliphatic carbocycles. The molecule has 4 saturated heterocycles. The average molecular weight is 1080 g/mol. The van der Waals surface area contributed by atoms with Crippen molar-refractivity contribution in [2.75, 3.05) is 117 Å². The highest BCUT2D eigenvalue weighted by molar-refractivity contribution is 5.77. The molecule has 0 radical (unpaired) electrons. The van der Waals surface area contributed by atoms with E-state index in [0.717, 1.165) is 106 Å². The Labute approximate surface area is 461 Å². The molecule has 79 heavy (non-hydrogen) atoms. The first-order valence-corrected chi connectivity index (χ1v) is 27.4. The van der Waals surface area contributed by atoms with E-state index in [-0.39, 0.29) is 29.3 Å². The first kappa shape index (κ1) is 56.0. The molecule has 4 aliphatic heterocycles. The number of aromatic nitrogens is 6. The van der Waals surface area contributed by atoms with Crippen LogP contribution >= 0.6 is 0 Å². The number of hydrogen-bond acceptors (Lipinski definition) is 15. The van der Waals surface area contributed by atoms with Crippen LogP contribution in [-0.4, -0.2) is 194 Å². The summed E-state index contributed by atoms with van der Waals surface area (Å²) in [6.45, 7) is 17.8. The van der Waals surface area contributed by atoms with E-state index in [1.165, 1.54) is 5.56 Å². The highest BCUT2D eigenvalue weighted by Gasteiger charge is 2.34. The SMILES string of the molecule is CN(C)C(=O)N1CCN(Cc2cccc(Nc3ncc4ccc(=O)n(CCC5CN(C(=O)OC(C)(C)C)C5)c4n3)c2)CC1.CN(C)C(=O)N1CCN(Cc2cccc(Nc3ncc4ccc(=O)n(CCC5CNC5)c4n3)c2)CC1. The van der Waals surface area contributed by atoms with Gasteiger partial charge in [-0.05, 0) is 106 Å². The number of nitrogens with zero attached hydrogens (tertiary/aromatic N) is 13. The van der Waals surface area contributed by atoms with Crippen LogP contribution in [0.5, 0.6) is 0 Å². The van der Waals surface area contributed by atoms with Crippen molar-refractivity contribution in [1.82, 2.24) is 68.7 Å². The van der Waals surface area contributed by atoms with Gasteiger partial charge >= 0.3 is 18.2 Å². The van der Waals surface area contributed by atoms with Crippen molar-refractivity contribution >= 4 is 63.5 Å². The van der Waals surface area contributed by atoms with Crippen molar-refractivity contribution in [2.45, 2.75) is 65.4 Å². The second-order valence-corrected chi connectivity index (χ2v) is 22.5. The van der Waals surface area contributed by atoms with Gasteiger partial charge < -0.3 is 45.2 Å². The molecule has 420 valence electrons. The third-order valence-corrected chi connectivity index (χ3v) is 14.7. The summed E-state index contributed by atoms with van der Waals surface area (Å²) in [5, 5.41) is 11.5. The number of piperazine rings is 2. The molecule has 4 aromatic heterocycles. The molecule has 6 aromatic rings. The van der Waals surface area contributed by atoms with E-state index in [1.54, 1.807) is 88.7 Å².